The summed E-state index contributed by atoms with van der Waals surface area (Å²) in [6, 6.07) is 7.16. The summed E-state index contributed by atoms with van der Waals surface area (Å²) in [5, 5.41) is 96.0. The first kappa shape index (κ1) is 39.0. The maximum atomic E-state index is 11.1. The number of benzene rings is 2. The Morgan fingerprint density at radius 1 is 0.735 bits per heavy atom. The topological polar surface area (TPSA) is 299 Å². The molecule has 0 bridgehead atoms. The number of aromatic amines is 2. The van der Waals surface area contributed by atoms with Crippen molar-refractivity contribution >= 4 is 88.8 Å². The number of halogens is 4. The molecule has 5 unspecified atom stereocenters. The fourth-order valence-corrected chi connectivity index (χ4v) is 5.87. The van der Waals surface area contributed by atoms with Crippen LogP contribution in [0.15, 0.2) is 45.6 Å². The van der Waals surface area contributed by atoms with Crippen molar-refractivity contribution in [3.05, 3.63) is 55.6 Å². The highest BCUT2D eigenvalue weighted by molar-refractivity contribution is 9.10. The first-order chi connectivity index (χ1) is 23.0. The van der Waals surface area contributed by atoms with E-state index in [1.54, 1.807) is 12.1 Å². The predicted octanol–water partition coefficient (Wildman–Crippen LogP) is -0.320. The van der Waals surface area contributed by atoms with Gasteiger partial charge >= 0.3 is 5.97 Å². The van der Waals surface area contributed by atoms with Gasteiger partial charge in [-0.05, 0) is 56.1 Å². The number of nitrogens with one attached hydrogen (secondary N) is 2. The molecule has 2 saturated heterocycles. The fourth-order valence-electron chi connectivity index (χ4n) is 4.69. The Kier molecular flexibility index (Phi) is 12.8. The lowest BCUT2D eigenvalue weighted by atomic mass is 9.99. The number of carbonyl (C=O) groups is 2. The number of rotatable bonds is 4. The minimum absolute atomic E-state index is 0.177. The third-order valence-corrected chi connectivity index (χ3v) is 9.86. The molecule has 49 heavy (non-hydrogen) atoms. The summed E-state index contributed by atoms with van der Waals surface area (Å²) < 4.78 is 16.3. The first-order valence-corrected chi connectivity index (χ1v) is 16.1. The van der Waals surface area contributed by atoms with Crippen LogP contribution in [0.2, 0.25) is 10.0 Å². The van der Waals surface area contributed by atoms with Gasteiger partial charge in [-0.1, -0.05) is 23.2 Å². The molecule has 0 amide bonds. The van der Waals surface area contributed by atoms with Crippen molar-refractivity contribution in [2.45, 2.75) is 61.4 Å². The lowest BCUT2D eigenvalue weighted by Gasteiger charge is -2.38. The molecule has 10 atom stereocenters. The van der Waals surface area contributed by atoms with Gasteiger partial charge in [-0.3, -0.25) is 0 Å². The van der Waals surface area contributed by atoms with Gasteiger partial charge in [0, 0.05) is 21.3 Å². The second-order valence-corrected chi connectivity index (χ2v) is 13.0. The number of H-pyrrole nitrogens is 2. The zero-order valence-corrected chi connectivity index (χ0v) is 28.9. The van der Waals surface area contributed by atoms with E-state index in [0.29, 0.717) is 30.8 Å². The van der Waals surface area contributed by atoms with Gasteiger partial charge < -0.3 is 80.0 Å². The maximum absolute atomic E-state index is 11.1. The third kappa shape index (κ3) is 8.25. The molecule has 2 aliphatic rings. The summed E-state index contributed by atoms with van der Waals surface area (Å²) in [7, 11) is 0. The fraction of sp³-hybridized carbons (Fsp3) is 0.357. The molecule has 2 fully saturated rings. The van der Waals surface area contributed by atoms with E-state index in [2.05, 4.69) is 46.6 Å². The number of carboxylic acids is 2. The highest BCUT2D eigenvalue weighted by Gasteiger charge is 2.48. The molecule has 17 nitrogen and oxygen atoms in total. The Bertz CT molecular complexity index is 1810. The first-order valence-electron chi connectivity index (χ1n) is 13.7. The van der Waals surface area contributed by atoms with Crippen molar-refractivity contribution in [3.63, 3.8) is 0 Å². The molecule has 0 saturated carbocycles. The van der Waals surface area contributed by atoms with Gasteiger partial charge in [0.15, 0.2) is 12.4 Å². The van der Waals surface area contributed by atoms with Crippen molar-refractivity contribution in [1.82, 2.24) is 9.97 Å². The molecule has 0 aliphatic carbocycles. The van der Waals surface area contributed by atoms with Crippen LogP contribution in [0.3, 0.4) is 0 Å². The van der Waals surface area contributed by atoms with E-state index in [1.807, 2.05) is 12.1 Å². The number of aliphatic hydroxyl groups excluding tert-OH is 7. The van der Waals surface area contributed by atoms with Crippen LogP contribution in [0.25, 0.3) is 21.8 Å². The summed E-state index contributed by atoms with van der Waals surface area (Å²) in [6.45, 7) is 0. The minimum atomic E-state index is -1.85. The zero-order chi connectivity index (χ0) is 36.5. The van der Waals surface area contributed by atoms with Gasteiger partial charge in [0.25, 0.3) is 0 Å². The lowest BCUT2D eigenvalue weighted by Crippen LogP contribution is -2.62. The Hall–Kier alpha value is -2.76. The number of hydrogen-bond acceptors (Lipinski definition) is 14. The molecular formula is C28H27Br2Cl2N2O15-. The molecule has 2 aromatic heterocycles. The highest BCUT2D eigenvalue weighted by atomic mass is 79.9. The third-order valence-electron chi connectivity index (χ3n) is 7.29. The highest BCUT2D eigenvalue weighted by Crippen LogP contribution is 2.39. The molecule has 268 valence electrons. The number of aliphatic carboxylic acids is 2. The van der Waals surface area contributed by atoms with Crippen LogP contribution in [0.5, 0.6) is 11.5 Å². The molecular weight excluding hydrogens is 835 g/mol. The monoisotopic (exact) mass is 859 g/mol. The standard InChI is InChI=1S/C14H13BrClNO7.C8H5BrClNO.C6H10O7/c15-4-1-2-5-7(8(4)16)6(3-17-5)23-14-11(20)9(18)10(19)12(24-14)13(21)22;9-4-1-2-5-7(8(4)10)6(12)3-11-5;7-1-2(8)4(5(10)11)13-6(12)3(1)9/h1-3,9-12,14,17-20H,(H,21,22);1-3,11-12H;1-4,6-9,12H,(H,10,11)/p-1/t9-,10-,11?,12?,14+;;1-,2-,3?,4?,6?/m0.0/s1. The van der Waals surface area contributed by atoms with Gasteiger partial charge in [-0.25, -0.2) is 4.79 Å². The van der Waals surface area contributed by atoms with E-state index in [0.717, 1.165) is 9.99 Å². The van der Waals surface area contributed by atoms with Crippen molar-refractivity contribution in [1.29, 1.82) is 0 Å². The van der Waals surface area contributed by atoms with Crippen LogP contribution < -0.4 is 9.84 Å². The number of ether oxygens (including phenoxy) is 3. The van der Waals surface area contributed by atoms with Crippen LogP contribution in [0.1, 0.15) is 0 Å². The Morgan fingerprint density at radius 2 is 1.24 bits per heavy atom. The molecule has 0 spiro atoms. The van der Waals surface area contributed by atoms with E-state index in [-0.39, 0.29) is 11.5 Å². The molecule has 6 rings (SSSR count). The summed E-state index contributed by atoms with van der Waals surface area (Å²) in [5.74, 6) is -2.87. The average molecular weight is 862 g/mol. The summed E-state index contributed by atoms with van der Waals surface area (Å²) >= 11 is 18.7. The quantitative estimate of drug-likeness (QED) is 0.125. The number of hydrogen-bond donors (Lipinski definition) is 11. The number of fused-ring (bicyclic) bond motifs is 2. The second-order valence-electron chi connectivity index (χ2n) is 10.5. The van der Waals surface area contributed by atoms with E-state index < -0.39 is 73.4 Å². The van der Waals surface area contributed by atoms with E-state index in [4.69, 9.17) is 58.2 Å². The van der Waals surface area contributed by atoms with Crippen LogP contribution >= 0.6 is 55.1 Å². The van der Waals surface area contributed by atoms with Gasteiger partial charge in [-0.15, -0.1) is 0 Å². The minimum Gasteiger partial charge on any atom is -0.547 e. The lowest BCUT2D eigenvalue weighted by molar-refractivity contribution is -0.345. The number of aromatic nitrogens is 2. The molecule has 4 heterocycles. The average Bonchev–Trinajstić information content (AvgIpc) is 3.65. The van der Waals surface area contributed by atoms with Crippen molar-refractivity contribution in [2.75, 3.05) is 0 Å². The summed E-state index contributed by atoms with van der Waals surface area (Å²) in [4.78, 5) is 27.2. The smallest absolute Gasteiger partial charge is 0.335 e. The number of aliphatic hydroxyl groups is 7. The van der Waals surface area contributed by atoms with E-state index >= 15 is 0 Å². The van der Waals surface area contributed by atoms with Crippen LogP contribution in [0.4, 0.5) is 0 Å². The molecule has 21 heteroatoms. The number of carbonyl (C=O) groups excluding carboxylic acids is 1. The van der Waals surface area contributed by atoms with Gasteiger partial charge in [-0.2, -0.15) is 0 Å². The van der Waals surface area contributed by atoms with Crippen molar-refractivity contribution in [3.8, 4) is 11.5 Å². The molecule has 4 aromatic rings. The Labute approximate surface area is 301 Å². The Morgan fingerprint density at radius 3 is 1.82 bits per heavy atom. The predicted molar refractivity (Wildman–Crippen MR) is 173 cm³/mol. The van der Waals surface area contributed by atoms with Gasteiger partial charge in [0.2, 0.25) is 6.29 Å². The van der Waals surface area contributed by atoms with Crippen molar-refractivity contribution in [2.24, 2.45) is 0 Å². The van der Waals surface area contributed by atoms with Crippen molar-refractivity contribution < 1.29 is 74.9 Å². The maximum Gasteiger partial charge on any atom is 0.335 e. The van der Waals surface area contributed by atoms with Crippen LogP contribution in [0, 0.1) is 0 Å². The number of carboxylic acid groups (broad SMARTS) is 2. The van der Waals surface area contributed by atoms with Crippen LogP contribution in [-0.2, 0) is 19.1 Å². The summed E-state index contributed by atoms with van der Waals surface area (Å²) in [6.07, 6.45) is -14.4. The molecule has 2 aromatic carbocycles. The molecule has 2 aliphatic heterocycles. The molecule has 11 N–H and O–H groups in total. The molecule has 0 radical (unpaired) electrons. The zero-order valence-electron chi connectivity index (χ0n) is 24.2. The Balaban J connectivity index is 0.000000182. The number of aromatic hydroxyl groups is 1. The SMILES string of the molecule is O=C(O)C1O[C@@H](Oc2c[nH]c3ccc(Br)c(Cl)c23)C(O)[C@@H](O)[C@@H]1O.O=C([O-])C1OC(O)C(O)[C@@H](O)[C@@H]1O.Oc1c[nH]c2ccc(Br)c(Cl)c12. The van der Waals surface area contributed by atoms with Gasteiger partial charge in [0.1, 0.15) is 54.2 Å². The van der Waals surface area contributed by atoms with Crippen LogP contribution in [-0.4, -0.2) is 129 Å². The summed E-state index contributed by atoms with van der Waals surface area (Å²) in [5.41, 5.74) is 1.49. The normalized spacial score (nSPS) is 29.8. The second kappa shape index (κ2) is 16.1. The van der Waals surface area contributed by atoms with E-state index in [1.165, 1.54) is 12.4 Å². The van der Waals surface area contributed by atoms with Gasteiger partial charge in [0.05, 0.1) is 37.8 Å². The van der Waals surface area contributed by atoms with E-state index in [9.17, 15) is 35.1 Å². The largest absolute Gasteiger partial charge is 0.547 e.